The summed E-state index contributed by atoms with van der Waals surface area (Å²) < 4.78 is 15.4. The second-order valence-electron chi connectivity index (χ2n) is 6.44. The Hall–Kier alpha value is -2.15. The fourth-order valence-electron chi connectivity index (χ4n) is 3.04. The zero-order valence-corrected chi connectivity index (χ0v) is 15.8. The molecule has 1 aliphatic heterocycles. The Morgan fingerprint density at radius 3 is 2.85 bits per heavy atom. The molecule has 7 heteroatoms. The Morgan fingerprint density at radius 1 is 1.31 bits per heavy atom. The van der Waals surface area contributed by atoms with E-state index < -0.39 is 0 Å². The van der Waals surface area contributed by atoms with Crippen LogP contribution in [0.2, 0.25) is 0 Å². The van der Waals surface area contributed by atoms with Crippen LogP contribution in [-0.4, -0.2) is 39.2 Å². The normalized spacial score (nSPS) is 17.8. The summed E-state index contributed by atoms with van der Waals surface area (Å²) in [5.41, 5.74) is 1.75. The molecule has 1 aromatic heterocycles. The van der Waals surface area contributed by atoms with Crippen LogP contribution in [0.1, 0.15) is 28.5 Å². The largest absolute Gasteiger partial charge is 0.340 e. The van der Waals surface area contributed by atoms with Crippen LogP contribution in [0.25, 0.3) is 0 Å². The zero-order valence-electron chi connectivity index (χ0n) is 14.9. The minimum Gasteiger partial charge on any atom is -0.340 e. The molecule has 1 aromatic carbocycles. The summed E-state index contributed by atoms with van der Waals surface area (Å²) in [6.45, 7) is 4.63. The fourth-order valence-corrected chi connectivity index (χ4v) is 4.29. The molecule has 26 heavy (non-hydrogen) atoms. The molecule has 2 heterocycles. The van der Waals surface area contributed by atoms with E-state index in [-0.39, 0.29) is 29.1 Å². The Bertz CT molecular complexity index is 868. The molecule has 5 nitrogen and oxygen atoms in total. The van der Waals surface area contributed by atoms with Gasteiger partial charge in [0.25, 0.3) is 5.56 Å². The quantitative estimate of drug-likeness (QED) is 0.828. The first kappa shape index (κ1) is 18.6. The van der Waals surface area contributed by atoms with Gasteiger partial charge in [0, 0.05) is 40.9 Å². The first-order valence-electron chi connectivity index (χ1n) is 8.64. The Balaban J connectivity index is 1.68. The van der Waals surface area contributed by atoms with Crippen molar-refractivity contribution in [2.45, 2.75) is 32.1 Å². The Labute approximate surface area is 156 Å². The third kappa shape index (κ3) is 3.98. The number of aromatic nitrogens is 2. The standard InChI is InChI=1S/C19H22FN3O2S/c1-13-14(2)21-12-23(19(13)25)11-18(24)22-8-7-17(26-10-9-22)15-5-3-4-6-16(15)20/h3-6,12,17H,7-11H2,1-2H3. The number of nitrogens with zero attached hydrogens (tertiary/aromatic N) is 3. The molecule has 1 amide bonds. The molecule has 0 spiro atoms. The van der Waals surface area contributed by atoms with Gasteiger partial charge in [-0.05, 0) is 26.3 Å². The van der Waals surface area contributed by atoms with Gasteiger partial charge in [0.15, 0.2) is 0 Å². The van der Waals surface area contributed by atoms with Gasteiger partial charge in [-0.25, -0.2) is 9.37 Å². The maximum absolute atomic E-state index is 14.0. The molecule has 0 N–H and O–H groups in total. The maximum Gasteiger partial charge on any atom is 0.256 e. The van der Waals surface area contributed by atoms with Crippen molar-refractivity contribution in [2.75, 3.05) is 18.8 Å². The molecule has 1 fully saturated rings. The van der Waals surface area contributed by atoms with E-state index in [0.717, 1.165) is 5.75 Å². The predicted octanol–water partition coefficient (Wildman–Crippen LogP) is 2.71. The van der Waals surface area contributed by atoms with Crippen molar-refractivity contribution >= 4 is 17.7 Å². The molecule has 3 rings (SSSR count). The van der Waals surface area contributed by atoms with Crippen molar-refractivity contribution in [3.8, 4) is 0 Å². The van der Waals surface area contributed by atoms with Gasteiger partial charge in [-0.2, -0.15) is 11.8 Å². The van der Waals surface area contributed by atoms with Crippen LogP contribution < -0.4 is 5.56 Å². The summed E-state index contributed by atoms with van der Waals surface area (Å²) in [7, 11) is 0. The SMILES string of the molecule is Cc1ncn(CC(=O)N2CCSC(c3ccccc3F)CC2)c(=O)c1C. The second kappa shape index (κ2) is 8.03. The monoisotopic (exact) mass is 375 g/mol. The molecule has 2 aromatic rings. The summed E-state index contributed by atoms with van der Waals surface area (Å²) in [6.07, 6.45) is 2.12. The highest BCUT2D eigenvalue weighted by Crippen LogP contribution is 2.35. The number of hydrogen-bond acceptors (Lipinski definition) is 4. The van der Waals surface area contributed by atoms with Crippen molar-refractivity contribution in [2.24, 2.45) is 0 Å². The van der Waals surface area contributed by atoms with E-state index in [1.54, 1.807) is 36.6 Å². The van der Waals surface area contributed by atoms with Gasteiger partial charge >= 0.3 is 0 Å². The first-order valence-corrected chi connectivity index (χ1v) is 9.68. The number of rotatable bonds is 3. The minimum absolute atomic E-state index is 0.0119. The fraction of sp³-hybridized carbons (Fsp3) is 0.421. The number of thioether (sulfide) groups is 1. The van der Waals surface area contributed by atoms with E-state index >= 15 is 0 Å². The van der Waals surface area contributed by atoms with Crippen LogP contribution in [0, 0.1) is 19.7 Å². The van der Waals surface area contributed by atoms with Gasteiger partial charge < -0.3 is 4.90 Å². The average molecular weight is 375 g/mol. The maximum atomic E-state index is 14.0. The number of hydrogen-bond donors (Lipinski definition) is 0. The summed E-state index contributed by atoms with van der Waals surface area (Å²) in [5.74, 6) is 0.439. The Kier molecular flexibility index (Phi) is 5.76. The van der Waals surface area contributed by atoms with Crippen LogP contribution in [-0.2, 0) is 11.3 Å². The topological polar surface area (TPSA) is 55.2 Å². The Morgan fingerprint density at radius 2 is 2.08 bits per heavy atom. The first-order chi connectivity index (χ1) is 12.5. The average Bonchev–Trinajstić information content (AvgIpc) is 2.89. The molecule has 1 unspecified atom stereocenters. The number of amides is 1. The number of carbonyl (C=O) groups excluding carboxylic acids is 1. The number of carbonyl (C=O) groups is 1. The lowest BCUT2D eigenvalue weighted by atomic mass is 10.1. The smallest absolute Gasteiger partial charge is 0.256 e. The molecule has 0 saturated carbocycles. The molecule has 1 aliphatic rings. The minimum atomic E-state index is -0.197. The molecule has 0 bridgehead atoms. The molecular weight excluding hydrogens is 353 g/mol. The van der Waals surface area contributed by atoms with Gasteiger partial charge in [0.05, 0.1) is 6.33 Å². The van der Waals surface area contributed by atoms with Crippen LogP contribution in [0.5, 0.6) is 0 Å². The van der Waals surface area contributed by atoms with Gasteiger partial charge in [-0.3, -0.25) is 14.2 Å². The highest BCUT2D eigenvalue weighted by molar-refractivity contribution is 7.99. The van der Waals surface area contributed by atoms with Crippen LogP contribution in [0.3, 0.4) is 0 Å². The van der Waals surface area contributed by atoms with Crippen LogP contribution in [0.15, 0.2) is 35.4 Å². The zero-order chi connectivity index (χ0) is 18.7. The van der Waals surface area contributed by atoms with Gasteiger partial charge in [0.1, 0.15) is 12.4 Å². The van der Waals surface area contributed by atoms with E-state index in [1.165, 1.54) is 17.0 Å². The predicted molar refractivity (Wildman–Crippen MR) is 101 cm³/mol. The highest BCUT2D eigenvalue weighted by Gasteiger charge is 2.24. The molecule has 138 valence electrons. The number of aryl methyl sites for hydroxylation is 1. The third-order valence-corrected chi connectivity index (χ3v) is 6.08. The van der Waals surface area contributed by atoms with Gasteiger partial charge in [-0.15, -0.1) is 0 Å². The van der Waals surface area contributed by atoms with Crippen molar-refractivity contribution in [1.29, 1.82) is 0 Å². The number of halogens is 1. The molecular formula is C19H22FN3O2S. The van der Waals surface area contributed by atoms with Crippen molar-refractivity contribution in [3.05, 3.63) is 63.6 Å². The van der Waals surface area contributed by atoms with Gasteiger partial charge in [0.2, 0.25) is 5.91 Å². The molecule has 0 radical (unpaired) electrons. The van der Waals surface area contributed by atoms with E-state index in [0.29, 0.717) is 36.3 Å². The lowest BCUT2D eigenvalue weighted by Gasteiger charge is -2.21. The summed E-state index contributed by atoms with van der Waals surface area (Å²) >= 11 is 1.67. The van der Waals surface area contributed by atoms with Crippen molar-refractivity contribution in [3.63, 3.8) is 0 Å². The molecule has 1 atom stereocenters. The van der Waals surface area contributed by atoms with Crippen molar-refractivity contribution < 1.29 is 9.18 Å². The van der Waals surface area contributed by atoms with Gasteiger partial charge in [-0.1, -0.05) is 18.2 Å². The van der Waals surface area contributed by atoms with Crippen molar-refractivity contribution in [1.82, 2.24) is 14.5 Å². The molecule has 1 saturated heterocycles. The highest BCUT2D eigenvalue weighted by atomic mass is 32.2. The van der Waals surface area contributed by atoms with E-state index in [9.17, 15) is 14.0 Å². The van der Waals surface area contributed by atoms with Crippen LogP contribution in [0.4, 0.5) is 4.39 Å². The summed E-state index contributed by atoms with van der Waals surface area (Å²) in [4.78, 5) is 30.8. The second-order valence-corrected chi connectivity index (χ2v) is 7.75. The lowest BCUT2D eigenvalue weighted by Crippen LogP contribution is -2.38. The van der Waals surface area contributed by atoms with Crippen LogP contribution >= 0.6 is 11.8 Å². The molecule has 0 aliphatic carbocycles. The van der Waals surface area contributed by atoms with E-state index in [4.69, 9.17) is 0 Å². The summed E-state index contributed by atoms with van der Waals surface area (Å²) in [6, 6.07) is 6.81. The van der Waals surface area contributed by atoms with E-state index in [1.807, 2.05) is 12.1 Å². The van der Waals surface area contributed by atoms with E-state index in [2.05, 4.69) is 4.98 Å². The number of benzene rings is 1. The summed E-state index contributed by atoms with van der Waals surface area (Å²) in [5, 5.41) is 0.0417. The lowest BCUT2D eigenvalue weighted by molar-refractivity contribution is -0.131. The third-order valence-electron chi connectivity index (χ3n) is 4.77.